The number of fused-ring (bicyclic) bond motifs is 1. The number of carbonyl (C=O) groups excluding carboxylic acids is 1. The molecule has 1 aromatic heterocycles. The van der Waals surface area contributed by atoms with E-state index in [2.05, 4.69) is 15.6 Å². The highest BCUT2D eigenvalue weighted by atomic mass is 32.1. The second-order valence-corrected chi connectivity index (χ2v) is 6.27. The van der Waals surface area contributed by atoms with Crippen molar-refractivity contribution < 1.29 is 23.1 Å². The van der Waals surface area contributed by atoms with Gasteiger partial charge >= 0.3 is 6.18 Å². The molecular formula is C16H12F3N3O2S. The Morgan fingerprint density at radius 1 is 1.16 bits per heavy atom. The molecule has 0 unspecified atom stereocenters. The molecule has 0 radical (unpaired) electrons. The van der Waals surface area contributed by atoms with Crippen LogP contribution in [0.4, 0.5) is 29.7 Å². The first-order valence-corrected chi connectivity index (χ1v) is 7.89. The molecular weight excluding hydrogens is 355 g/mol. The number of alkyl halides is 3. The van der Waals surface area contributed by atoms with E-state index in [9.17, 15) is 23.1 Å². The molecule has 130 valence electrons. The molecule has 9 heteroatoms. The molecule has 3 aromatic rings. The van der Waals surface area contributed by atoms with Crippen molar-refractivity contribution in [2.24, 2.45) is 0 Å². The summed E-state index contributed by atoms with van der Waals surface area (Å²) in [5.74, 6) is -1.03. The highest BCUT2D eigenvalue weighted by Crippen LogP contribution is 2.38. The summed E-state index contributed by atoms with van der Waals surface area (Å²) in [6.07, 6.45) is -4.65. The highest BCUT2D eigenvalue weighted by Gasteiger charge is 2.34. The van der Waals surface area contributed by atoms with Gasteiger partial charge in [-0.2, -0.15) is 13.2 Å². The zero-order valence-electron chi connectivity index (χ0n) is 12.8. The van der Waals surface area contributed by atoms with Gasteiger partial charge in [0.2, 0.25) is 5.91 Å². The van der Waals surface area contributed by atoms with Crippen LogP contribution in [-0.2, 0) is 11.0 Å². The molecule has 0 bridgehead atoms. The molecule has 0 aliphatic rings. The number of nitrogens with zero attached hydrogens (tertiary/aromatic N) is 1. The van der Waals surface area contributed by atoms with Gasteiger partial charge in [-0.1, -0.05) is 11.3 Å². The zero-order valence-corrected chi connectivity index (χ0v) is 13.6. The summed E-state index contributed by atoms with van der Waals surface area (Å²) in [6.45, 7) is 1.40. The number of thiazole rings is 1. The minimum atomic E-state index is -4.65. The average Bonchev–Trinajstić information content (AvgIpc) is 2.89. The van der Waals surface area contributed by atoms with Gasteiger partial charge in [0.05, 0.1) is 15.8 Å². The molecule has 0 fully saturated rings. The van der Waals surface area contributed by atoms with Gasteiger partial charge in [-0.3, -0.25) is 4.79 Å². The van der Waals surface area contributed by atoms with E-state index in [-0.39, 0.29) is 11.6 Å². The van der Waals surface area contributed by atoms with E-state index >= 15 is 0 Å². The van der Waals surface area contributed by atoms with Gasteiger partial charge in [0.25, 0.3) is 0 Å². The van der Waals surface area contributed by atoms with Crippen molar-refractivity contribution >= 4 is 44.0 Å². The Labute approximate surface area is 144 Å². The lowest BCUT2D eigenvalue weighted by atomic mass is 10.1. The third-order valence-electron chi connectivity index (χ3n) is 3.26. The quantitative estimate of drug-likeness (QED) is 0.586. The van der Waals surface area contributed by atoms with E-state index in [1.54, 1.807) is 18.2 Å². The van der Waals surface area contributed by atoms with Crippen molar-refractivity contribution in [2.75, 3.05) is 10.6 Å². The van der Waals surface area contributed by atoms with Gasteiger partial charge in [-0.05, 0) is 36.4 Å². The van der Waals surface area contributed by atoms with E-state index in [1.807, 2.05) is 0 Å². The summed E-state index contributed by atoms with van der Waals surface area (Å²) in [7, 11) is 0. The van der Waals surface area contributed by atoms with Gasteiger partial charge in [0, 0.05) is 18.3 Å². The number of halogens is 3. The Bertz CT molecular complexity index is 953. The first-order valence-electron chi connectivity index (χ1n) is 7.08. The lowest BCUT2D eigenvalue weighted by Crippen LogP contribution is -2.05. The van der Waals surface area contributed by atoms with Crippen LogP contribution >= 0.6 is 11.3 Å². The van der Waals surface area contributed by atoms with Gasteiger partial charge in [0.15, 0.2) is 5.13 Å². The fraction of sp³-hybridized carbons (Fsp3) is 0.125. The Kier molecular flexibility index (Phi) is 4.25. The molecule has 1 heterocycles. The minimum Gasteiger partial charge on any atom is -0.507 e. The second-order valence-electron chi connectivity index (χ2n) is 5.24. The number of benzene rings is 2. The van der Waals surface area contributed by atoms with Crippen LogP contribution in [0.15, 0.2) is 36.4 Å². The normalized spacial score (nSPS) is 11.5. The molecule has 0 saturated heterocycles. The van der Waals surface area contributed by atoms with Gasteiger partial charge in [-0.15, -0.1) is 0 Å². The Hall–Kier alpha value is -2.81. The molecule has 3 rings (SSSR count). The molecule has 25 heavy (non-hydrogen) atoms. The smallest absolute Gasteiger partial charge is 0.420 e. The van der Waals surface area contributed by atoms with Crippen LogP contribution in [0.1, 0.15) is 12.5 Å². The van der Waals surface area contributed by atoms with Gasteiger partial charge < -0.3 is 15.7 Å². The third-order valence-corrected chi connectivity index (χ3v) is 4.20. The summed E-state index contributed by atoms with van der Waals surface area (Å²) < 4.78 is 39.3. The fourth-order valence-corrected chi connectivity index (χ4v) is 3.15. The van der Waals surface area contributed by atoms with Crippen molar-refractivity contribution in [1.82, 2.24) is 4.98 Å². The number of carbonyl (C=O) groups is 1. The number of aromatic hydroxyl groups is 1. The van der Waals surface area contributed by atoms with E-state index in [4.69, 9.17) is 0 Å². The second kappa shape index (κ2) is 6.25. The molecule has 5 nitrogen and oxygen atoms in total. The Morgan fingerprint density at radius 2 is 1.88 bits per heavy atom. The summed E-state index contributed by atoms with van der Waals surface area (Å²) in [5, 5.41) is 15.2. The topological polar surface area (TPSA) is 74.2 Å². The number of anilines is 3. The standard InChI is InChI=1S/C16H12F3N3O2S/c1-8(23)20-10-2-4-12-14(7-10)25-15(22-12)21-9-3-5-13(24)11(6-9)16(17,18)19/h2-7,24H,1H3,(H,20,23)(H,21,22). The predicted octanol–water partition coefficient (Wildman–Crippen LogP) is 4.72. The van der Waals surface area contributed by atoms with E-state index in [1.165, 1.54) is 24.3 Å². The molecule has 2 aromatic carbocycles. The van der Waals surface area contributed by atoms with Crippen LogP contribution in [-0.4, -0.2) is 16.0 Å². The molecule has 1 amide bonds. The van der Waals surface area contributed by atoms with Crippen molar-refractivity contribution in [3.8, 4) is 5.75 Å². The molecule has 0 saturated carbocycles. The van der Waals surface area contributed by atoms with Crippen molar-refractivity contribution in [2.45, 2.75) is 13.1 Å². The highest BCUT2D eigenvalue weighted by molar-refractivity contribution is 7.22. The number of hydrogen-bond acceptors (Lipinski definition) is 5. The first-order chi connectivity index (χ1) is 11.7. The van der Waals surface area contributed by atoms with Gasteiger partial charge in [-0.25, -0.2) is 4.98 Å². The summed E-state index contributed by atoms with van der Waals surface area (Å²) in [4.78, 5) is 15.4. The molecule has 0 atom stereocenters. The van der Waals surface area contributed by atoms with E-state index in [0.29, 0.717) is 16.3 Å². The molecule has 0 aliphatic heterocycles. The van der Waals surface area contributed by atoms with Crippen LogP contribution in [0.25, 0.3) is 10.2 Å². The van der Waals surface area contributed by atoms with Crippen LogP contribution in [0.3, 0.4) is 0 Å². The summed E-state index contributed by atoms with van der Waals surface area (Å²) in [6, 6.07) is 8.27. The van der Waals surface area contributed by atoms with Crippen LogP contribution in [0, 0.1) is 0 Å². The number of amides is 1. The SMILES string of the molecule is CC(=O)Nc1ccc2nc(Nc3ccc(O)c(C(F)(F)F)c3)sc2c1. The number of phenolic OH excluding ortho intramolecular Hbond substituents is 1. The number of hydrogen-bond donors (Lipinski definition) is 3. The zero-order chi connectivity index (χ0) is 18.2. The number of aromatic nitrogens is 1. The number of nitrogens with one attached hydrogen (secondary N) is 2. The maximum Gasteiger partial charge on any atom is 0.420 e. The van der Waals surface area contributed by atoms with Crippen molar-refractivity contribution in [3.63, 3.8) is 0 Å². The van der Waals surface area contributed by atoms with E-state index in [0.717, 1.165) is 16.8 Å². The van der Waals surface area contributed by atoms with Crippen LogP contribution < -0.4 is 10.6 Å². The number of rotatable bonds is 3. The average molecular weight is 367 g/mol. The third kappa shape index (κ3) is 3.82. The lowest BCUT2D eigenvalue weighted by Gasteiger charge is -2.11. The van der Waals surface area contributed by atoms with Crippen molar-refractivity contribution in [1.29, 1.82) is 0 Å². The lowest BCUT2D eigenvalue weighted by molar-refractivity contribution is -0.138. The maximum absolute atomic E-state index is 12.8. The van der Waals surface area contributed by atoms with E-state index < -0.39 is 17.5 Å². The summed E-state index contributed by atoms with van der Waals surface area (Å²) in [5.41, 5.74) is 0.299. The molecule has 3 N–H and O–H groups in total. The van der Waals surface area contributed by atoms with Crippen LogP contribution in [0.2, 0.25) is 0 Å². The molecule has 0 aliphatic carbocycles. The van der Waals surface area contributed by atoms with Crippen molar-refractivity contribution in [3.05, 3.63) is 42.0 Å². The fourth-order valence-electron chi connectivity index (χ4n) is 2.22. The summed E-state index contributed by atoms with van der Waals surface area (Å²) >= 11 is 1.23. The van der Waals surface area contributed by atoms with Crippen LogP contribution in [0.5, 0.6) is 5.75 Å². The first kappa shape index (κ1) is 17.0. The van der Waals surface area contributed by atoms with Gasteiger partial charge in [0.1, 0.15) is 5.75 Å². The Morgan fingerprint density at radius 3 is 2.56 bits per heavy atom. The molecule has 0 spiro atoms. The number of phenols is 1. The maximum atomic E-state index is 12.8. The Balaban J connectivity index is 1.89. The minimum absolute atomic E-state index is 0.159. The monoisotopic (exact) mass is 367 g/mol. The largest absolute Gasteiger partial charge is 0.507 e. The predicted molar refractivity (Wildman–Crippen MR) is 90.3 cm³/mol.